The molecule has 0 radical (unpaired) electrons. The van der Waals surface area contributed by atoms with E-state index in [9.17, 15) is 14.4 Å². The summed E-state index contributed by atoms with van der Waals surface area (Å²) in [5.74, 6) is -1.18. The van der Waals surface area contributed by atoms with Gasteiger partial charge in [-0.25, -0.2) is 4.79 Å². The fraction of sp³-hybridized carbons (Fsp3) is 0.100. The van der Waals surface area contributed by atoms with Gasteiger partial charge in [-0.05, 0) is 12.1 Å². The monoisotopic (exact) mass is 238 g/mol. The maximum Gasteiger partial charge on any atom is 0.322 e. The SMILES string of the molecule is O=C1NC(=O)[C@@H](C(=O)c2ccccc2Cl)N1. The molecule has 1 aliphatic rings. The highest BCUT2D eigenvalue weighted by molar-refractivity contribution is 6.35. The minimum Gasteiger partial charge on any atom is -0.319 e. The average molecular weight is 239 g/mol. The van der Waals surface area contributed by atoms with Crippen LogP contribution in [0.15, 0.2) is 24.3 Å². The summed E-state index contributed by atoms with van der Waals surface area (Å²) in [5.41, 5.74) is 0.214. The van der Waals surface area contributed by atoms with Gasteiger partial charge in [-0.2, -0.15) is 0 Å². The second-order valence-electron chi connectivity index (χ2n) is 3.24. The molecule has 6 heteroatoms. The number of benzene rings is 1. The second-order valence-corrected chi connectivity index (χ2v) is 3.65. The third kappa shape index (κ3) is 1.77. The van der Waals surface area contributed by atoms with Crippen molar-refractivity contribution in [3.8, 4) is 0 Å². The Bertz CT molecular complexity index is 487. The second kappa shape index (κ2) is 3.94. The quantitative estimate of drug-likeness (QED) is 0.453. The van der Waals surface area contributed by atoms with Gasteiger partial charge in [0, 0.05) is 5.56 Å². The molecule has 2 N–H and O–H groups in total. The Morgan fingerprint density at radius 1 is 1.25 bits per heavy atom. The Balaban J connectivity index is 2.30. The molecular formula is C10H7ClN2O3. The van der Waals surface area contributed by atoms with Crippen LogP contribution < -0.4 is 10.6 Å². The number of ketones is 1. The number of carbonyl (C=O) groups is 3. The minimum absolute atomic E-state index is 0.214. The zero-order valence-electron chi connectivity index (χ0n) is 7.99. The van der Waals surface area contributed by atoms with Crippen molar-refractivity contribution in [2.24, 2.45) is 0 Å². The van der Waals surface area contributed by atoms with Gasteiger partial charge in [-0.15, -0.1) is 0 Å². The van der Waals surface area contributed by atoms with Gasteiger partial charge in [0.25, 0.3) is 5.91 Å². The molecule has 1 aromatic rings. The first-order chi connectivity index (χ1) is 7.59. The number of amides is 3. The number of halogens is 1. The number of imide groups is 1. The maximum atomic E-state index is 11.9. The third-order valence-electron chi connectivity index (χ3n) is 2.18. The minimum atomic E-state index is -1.19. The number of nitrogens with one attached hydrogen (secondary N) is 2. The van der Waals surface area contributed by atoms with Crippen LogP contribution in [0.4, 0.5) is 4.79 Å². The number of Topliss-reactive ketones (excluding diaryl/α,β-unsaturated/α-hetero) is 1. The first-order valence-electron chi connectivity index (χ1n) is 4.49. The van der Waals surface area contributed by atoms with E-state index in [1.54, 1.807) is 18.2 Å². The highest BCUT2D eigenvalue weighted by atomic mass is 35.5. The Kier molecular flexibility index (Phi) is 2.62. The van der Waals surface area contributed by atoms with Gasteiger partial charge in [0.15, 0.2) is 11.8 Å². The molecule has 0 aromatic heterocycles. The number of hydrogen-bond acceptors (Lipinski definition) is 3. The van der Waals surface area contributed by atoms with Gasteiger partial charge in [-0.3, -0.25) is 14.9 Å². The average Bonchev–Trinajstić information content (AvgIpc) is 2.58. The van der Waals surface area contributed by atoms with Crippen LogP contribution in [-0.4, -0.2) is 23.8 Å². The molecule has 0 saturated carbocycles. The van der Waals surface area contributed by atoms with Crippen LogP contribution in [0.2, 0.25) is 5.02 Å². The fourth-order valence-corrected chi connectivity index (χ4v) is 1.65. The molecule has 1 saturated heterocycles. The van der Waals surface area contributed by atoms with Gasteiger partial charge >= 0.3 is 6.03 Å². The van der Waals surface area contributed by atoms with Gasteiger partial charge in [0.2, 0.25) is 0 Å². The number of hydrogen-bond donors (Lipinski definition) is 2. The maximum absolute atomic E-state index is 11.9. The van der Waals surface area contributed by atoms with Crippen LogP contribution in [0.5, 0.6) is 0 Å². The standard InChI is InChI=1S/C10H7ClN2O3/c11-6-4-2-1-3-5(6)8(14)7-9(15)13-10(16)12-7/h1-4,7H,(H2,12,13,15,16)/t7-/m1/s1. The van der Waals surface area contributed by atoms with Crippen molar-refractivity contribution in [1.82, 2.24) is 10.6 Å². The molecule has 1 heterocycles. The molecular weight excluding hydrogens is 232 g/mol. The van der Waals surface area contributed by atoms with E-state index in [0.717, 1.165) is 0 Å². The van der Waals surface area contributed by atoms with Crippen molar-refractivity contribution >= 4 is 29.3 Å². The van der Waals surface area contributed by atoms with Gasteiger partial charge in [0.1, 0.15) is 0 Å². The summed E-state index contributed by atoms with van der Waals surface area (Å²) < 4.78 is 0. The molecule has 3 amide bonds. The van der Waals surface area contributed by atoms with Crippen molar-refractivity contribution in [2.75, 3.05) is 0 Å². The number of carbonyl (C=O) groups excluding carboxylic acids is 3. The lowest BCUT2D eigenvalue weighted by Crippen LogP contribution is -2.37. The van der Waals surface area contributed by atoms with Crippen LogP contribution in [-0.2, 0) is 4.79 Å². The lowest BCUT2D eigenvalue weighted by atomic mass is 10.0. The van der Waals surface area contributed by atoms with Crippen LogP contribution >= 0.6 is 11.6 Å². The summed E-state index contributed by atoms with van der Waals surface area (Å²) in [7, 11) is 0. The van der Waals surface area contributed by atoms with Crippen LogP contribution in [0.3, 0.4) is 0 Å². The summed E-state index contributed by atoms with van der Waals surface area (Å²) in [6.45, 7) is 0. The Morgan fingerprint density at radius 3 is 2.50 bits per heavy atom. The van der Waals surface area contributed by atoms with Gasteiger partial charge in [0.05, 0.1) is 5.02 Å². The Labute approximate surface area is 95.8 Å². The van der Waals surface area contributed by atoms with Crippen molar-refractivity contribution in [3.05, 3.63) is 34.9 Å². The van der Waals surface area contributed by atoms with Crippen molar-refractivity contribution in [3.63, 3.8) is 0 Å². The molecule has 0 aliphatic carbocycles. The molecule has 1 aromatic carbocycles. The van der Waals surface area contributed by atoms with Gasteiger partial charge in [-0.1, -0.05) is 23.7 Å². The molecule has 0 bridgehead atoms. The van der Waals surface area contributed by atoms with E-state index in [2.05, 4.69) is 5.32 Å². The van der Waals surface area contributed by atoms with E-state index in [1.165, 1.54) is 6.07 Å². The summed E-state index contributed by atoms with van der Waals surface area (Å²) in [4.78, 5) is 34.0. The summed E-state index contributed by atoms with van der Waals surface area (Å²) in [6, 6.07) is 4.49. The first-order valence-corrected chi connectivity index (χ1v) is 4.87. The van der Waals surface area contributed by atoms with Crippen LogP contribution in [0, 0.1) is 0 Å². The van der Waals surface area contributed by atoms with Gasteiger partial charge < -0.3 is 5.32 Å². The number of rotatable bonds is 2. The van der Waals surface area contributed by atoms with E-state index >= 15 is 0 Å². The van der Waals surface area contributed by atoms with Crippen molar-refractivity contribution < 1.29 is 14.4 Å². The molecule has 16 heavy (non-hydrogen) atoms. The normalized spacial score (nSPS) is 19.2. The zero-order chi connectivity index (χ0) is 11.7. The molecule has 0 spiro atoms. The molecule has 82 valence electrons. The molecule has 0 unspecified atom stereocenters. The lowest BCUT2D eigenvalue weighted by molar-refractivity contribution is -0.119. The van der Waals surface area contributed by atoms with Crippen LogP contribution in [0.25, 0.3) is 0 Å². The summed E-state index contributed by atoms with van der Waals surface area (Å²) in [5, 5.41) is 4.46. The van der Waals surface area contributed by atoms with E-state index in [0.29, 0.717) is 0 Å². The summed E-state index contributed by atoms with van der Waals surface area (Å²) >= 11 is 5.82. The fourth-order valence-electron chi connectivity index (χ4n) is 1.42. The molecule has 1 fully saturated rings. The van der Waals surface area contributed by atoms with E-state index in [1.807, 2.05) is 5.32 Å². The number of urea groups is 1. The predicted molar refractivity (Wildman–Crippen MR) is 56.2 cm³/mol. The molecule has 1 aliphatic heterocycles. The van der Waals surface area contributed by atoms with Crippen molar-refractivity contribution in [1.29, 1.82) is 0 Å². The zero-order valence-corrected chi connectivity index (χ0v) is 8.75. The molecule has 5 nitrogen and oxygen atoms in total. The summed E-state index contributed by atoms with van der Waals surface area (Å²) in [6.07, 6.45) is 0. The van der Waals surface area contributed by atoms with Crippen molar-refractivity contribution in [2.45, 2.75) is 6.04 Å². The predicted octanol–water partition coefficient (Wildman–Crippen LogP) is 0.731. The lowest BCUT2D eigenvalue weighted by Gasteiger charge is -2.07. The Hall–Kier alpha value is -1.88. The highest BCUT2D eigenvalue weighted by Gasteiger charge is 2.36. The van der Waals surface area contributed by atoms with E-state index in [-0.39, 0.29) is 10.6 Å². The molecule has 1 atom stereocenters. The van der Waals surface area contributed by atoms with Crippen LogP contribution in [0.1, 0.15) is 10.4 Å². The third-order valence-corrected chi connectivity index (χ3v) is 2.51. The topological polar surface area (TPSA) is 75.3 Å². The first kappa shape index (κ1) is 10.6. The largest absolute Gasteiger partial charge is 0.322 e. The smallest absolute Gasteiger partial charge is 0.319 e. The Morgan fingerprint density at radius 2 is 1.94 bits per heavy atom. The highest BCUT2D eigenvalue weighted by Crippen LogP contribution is 2.17. The van der Waals surface area contributed by atoms with E-state index in [4.69, 9.17) is 11.6 Å². The van der Waals surface area contributed by atoms with E-state index < -0.39 is 23.8 Å². The molecule has 2 rings (SSSR count).